The van der Waals surface area contributed by atoms with Gasteiger partial charge in [0.05, 0.1) is 5.69 Å². The molecule has 70 heavy (non-hydrogen) atoms. The first-order valence-corrected chi connectivity index (χ1v) is 25.1. The van der Waals surface area contributed by atoms with Crippen molar-refractivity contribution < 1.29 is 0 Å². The zero-order valence-corrected chi connectivity index (χ0v) is 42.5. The maximum absolute atomic E-state index is 4.02. The van der Waals surface area contributed by atoms with Crippen LogP contribution in [0.25, 0.3) is 77.9 Å². The van der Waals surface area contributed by atoms with Gasteiger partial charge < -0.3 is 4.90 Å². The van der Waals surface area contributed by atoms with Crippen LogP contribution >= 0.6 is 15.9 Å². The van der Waals surface area contributed by atoms with Crippen molar-refractivity contribution in [2.45, 2.75) is 52.4 Å². The summed E-state index contributed by atoms with van der Waals surface area (Å²) in [5.41, 5.74) is 22.0. The van der Waals surface area contributed by atoms with Crippen LogP contribution in [0.4, 0.5) is 17.1 Å². The lowest BCUT2D eigenvalue weighted by Crippen LogP contribution is -2.17. The van der Waals surface area contributed by atoms with Crippen molar-refractivity contribution in [3.05, 3.63) is 258 Å². The fourth-order valence-corrected chi connectivity index (χ4v) is 9.96. The minimum atomic E-state index is -0.148. The van der Waals surface area contributed by atoms with Gasteiger partial charge in [-0.05, 0) is 162 Å². The fourth-order valence-electron chi connectivity index (χ4n) is 9.48. The van der Waals surface area contributed by atoms with Crippen LogP contribution in [0, 0.1) is 0 Å². The molecule has 0 heterocycles. The molecule has 0 fully saturated rings. The highest BCUT2D eigenvalue weighted by Gasteiger charge is 2.28. The van der Waals surface area contributed by atoms with Crippen LogP contribution in [-0.4, -0.2) is 0 Å². The Morgan fingerprint density at radius 2 is 0.600 bits per heavy atom. The number of nitrogens with zero attached hydrogens (tertiary/aromatic N) is 1. The third-order valence-electron chi connectivity index (χ3n) is 13.4. The van der Waals surface area contributed by atoms with Gasteiger partial charge in [0.1, 0.15) is 0 Å². The van der Waals surface area contributed by atoms with Gasteiger partial charge in [0.2, 0.25) is 0 Å². The number of benzene rings is 10. The third kappa shape index (κ3) is 9.97. The Hall–Kier alpha value is -7.52. The van der Waals surface area contributed by atoms with Crippen molar-refractivity contribution in [3.8, 4) is 77.9 Å². The summed E-state index contributed by atoms with van der Waals surface area (Å²) in [6, 6.07) is 89.2. The lowest BCUT2D eigenvalue weighted by atomic mass is 9.81. The highest BCUT2D eigenvalue weighted by molar-refractivity contribution is 9.10. The molecule has 0 bridgehead atoms. The van der Waals surface area contributed by atoms with Crippen LogP contribution < -0.4 is 4.90 Å². The van der Waals surface area contributed by atoms with E-state index in [0.29, 0.717) is 0 Å². The molecule has 0 saturated heterocycles. The molecule has 0 spiro atoms. The first-order valence-electron chi connectivity index (χ1n) is 24.3. The average Bonchev–Trinajstić information content (AvgIpc) is 3.39. The molecule has 10 rings (SSSR count). The molecule has 10 aromatic rings. The molecule has 0 atom stereocenters. The summed E-state index contributed by atoms with van der Waals surface area (Å²) >= 11 is 4.02. The zero-order valence-electron chi connectivity index (χ0n) is 40.9. The molecule has 0 radical (unpaired) electrons. The number of halogens is 1. The van der Waals surface area contributed by atoms with Gasteiger partial charge in [0.15, 0.2) is 0 Å². The molecule has 1 nitrogen and oxygen atoms in total. The van der Waals surface area contributed by atoms with Gasteiger partial charge >= 0.3 is 0 Å². The quantitative estimate of drug-likeness (QED) is 0.132. The Morgan fingerprint density at radius 1 is 0.271 bits per heavy atom. The van der Waals surface area contributed by atoms with Crippen LogP contribution in [0.15, 0.2) is 247 Å². The number of anilines is 3. The Balaban J connectivity index is 1.25. The van der Waals surface area contributed by atoms with Crippen LogP contribution in [0.2, 0.25) is 0 Å². The molecule has 0 aliphatic carbocycles. The van der Waals surface area contributed by atoms with Crippen LogP contribution in [0.5, 0.6) is 0 Å². The van der Waals surface area contributed by atoms with Crippen molar-refractivity contribution in [1.29, 1.82) is 0 Å². The first kappa shape index (κ1) is 46.2. The number of hydrogen-bond donors (Lipinski definition) is 0. The Bertz CT molecular complexity index is 3250. The molecule has 0 saturated carbocycles. The molecular weight excluding hydrogens is 911 g/mol. The fraction of sp³-hybridized carbons (Fsp3) is 0.118. The van der Waals surface area contributed by atoms with Gasteiger partial charge in [-0.3, -0.25) is 0 Å². The van der Waals surface area contributed by atoms with Gasteiger partial charge in [-0.2, -0.15) is 0 Å². The summed E-state index contributed by atoms with van der Waals surface area (Å²) in [7, 11) is 0. The highest BCUT2D eigenvalue weighted by Crippen LogP contribution is 2.51. The van der Waals surface area contributed by atoms with Gasteiger partial charge in [-0.15, -0.1) is 0 Å². The smallest absolute Gasteiger partial charge is 0.0618 e. The maximum Gasteiger partial charge on any atom is 0.0618 e. The molecule has 0 amide bonds. The van der Waals surface area contributed by atoms with Gasteiger partial charge in [0, 0.05) is 27.0 Å². The van der Waals surface area contributed by atoms with E-state index < -0.39 is 0 Å². The topological polar surface area (TPSA) is 3.24 Å². The monoisotopic (exact) mass is 967 g/mol. The summed E-state index contributed by atoms with van der Waals surface area (Å²) in [4.78, 5) is 2.51. The lowest BCUT2D eigenvalue weighted by Gasteiger charge is -2.34. The molecular formula is C68H58BrN. The van der Waals surface area contributed by atoms with Crippen LogP contribution in [0.3, 0.4) is 0 Å². The molecule has 0 aromatic heterocycles. The summed E-state index contributed by atoms with van der Waals surface area (Å²) in [6.45, 7) is 13.9. The van der Waals surface area contributed by atoms with Crippen LogP contribution in [0.1, 0.15) is 52.7 Å². The van der Waals surface area contributed by atoms with E-state index >= 15 is 0 Å². The van der Waals surface area contributed by atoms with E-state index in [0.717, 1.165) is 49.4 Å². The molecule has 10 aromatic carbocycles. The largest absolute Gasteiger partial charge is 0.309 e. The van der Waals surface area contributed by atoms with E-state index in [1.807, 2.05) is 0 Å². The van der Waals surface area contributed by atoms with Gasteiger partial charge in [-0.1, -0.05) is 227 Å². The molecule has 0 aliphatic rings. The first-order chi connectivity index (χ1) is 33.9. The minimum absolute atomic E-state index is 0.107. The summed E-state index contributed by atoms with van der Waals surface area (Å²) in [5.74, 6) is 0. The maximum atomic E-state index is 4.02. The van der Waals surface area contributed by atoms with Gasteiger partial charge in [0.25, 0.3) is 0 Å². The summed E-state index contributed by atoms with van der Waals surface area (Å²) in [5, 5.41) is 0. The van der Waals surface area contributed by atoms with E-state index in [4.69, 9.17) is 0 Å². The second kappa shape index (κ2) is 19.5. The Kier molecular flexibility index (Phi) is 12.9. The molecule has 0 N–H and O–H groups in total. The zero-order chi connectivity index (χ0) is 48.4. The number of rotatable bonds is 10. The highest BCUT2D eigenvalue weighted by atomic mass is 79.9. The molecule has 0 aliphatic heterocycles. The van der Waals surface area contributed by atoms with Crippen molar-refractivity contribution >= 4 is 33.0 Å². The van der Waals surface area contributed by atoms with E-state index in [1.165, 1.54) is 61.2 Å². The van der Waals surface area contributed by atoms with E-state index in [1.54, 1.807) is 0 Å². The third-order valence-corrected chi connectivity index (χ3v) is 13.8. The Morgan fingerprint density at radius 3 is 1.00 bits per heavy atom. The van der Waals surface area contributed by atoms with Crippen molar-refractivity contribution in [1.82, 2.24) is 0 Å². The summed E-state index contributed by atoms with van der Waals surface area (Å²) < 4.78 is 1.04. The molecule has 342 valence electrons. The van der Waals surface area contributed by atoms with Crippen molar-refractivity contribution in [2.75, 3.05) is 4.90 Å². The van der Waals surface area contributed by atoms with Crippen LogP contribution in [-0.2, 0) is 10.8 Å². The predicted molar refractivity (Wildman–Crippen MR) is 304 cm³/mol. The number of hydrogen-bond acceptors (Lipinski definition) is 1. The predicted octanol–water partition coefficient (Wildman–Crippen LogP) is 20.2. The second-order valence-electron chi connectivity index (χ2n) is 20.4. The average molecular weight is 969 g/mol. The van der Waals surface area contributed by atoms with Crippen molar-refractivity contribution in [2.24, 2.45) is 0 Å². The molecule has 0 unspecified atom stereocenters. The van der Waals surface area contributed by atoms with E-state index in [9.17, 15) is 0 Å². The normalized spacial score (nSPS) is 11.6. The standard InChI is InChI=1S/C68H58BrN/c1-67(2,3)59-42-61(69)46-63(43-59)70(62-35-33-51(34-36-62)58-40-56(49-25-15-9-16-26-49)39-57(41-58)50-27-17-10-18-28-50)66-64(54-31-19-29-52(37-54)47-21-11-7-12-22-47)44-60(68(4,5)6)45-65(66)55-32-20-30-53(38-55)48-23-13-8-14-24-48/h7-46H,1-6H3. The lowest BCUT2D eigenvalue weighted by molar-refractivity contribution is 0.589. The molecule has 2 heteroatoms. The summed E-state index contributed by atoms with van der Waals surface area (Å²) in [6.07, 6.45) is 0. The van der Waals surface area contributed by atoms with E-state index in [-0.39, 0.29) is 10.8 Å². The Labute approximate surface area is 423 Å². The SMILES string of the molecule is CC(C)(C)c1cc(Br)cc(N(c2ccc(-c3cc(-c4ccccc4)cc(-c4ccccc4)c3)cc2)c2c(-c3cccc(-c4ccccc4)c3)cc(C(C)(C)C)cc2-c2cccc(-c3ccccc3)c2)c1. The minimum Gasteiger partial charge on any atom is -0.309 e. The second-order valence-corrected chi connectivity index (χ2v) is 21.3. The van der Waals surface area contributed by atoms with Crippen molar-refractivity contribution in [3.63, 3.8) is 0 Å². The van der Waals surface area contributed by atoms with Gasteiger partial charge in [-0.25, -0.2) is 0 Å². The van der Waals surface area contributed by atoms with E-state index in [2.05, 4.69) is 305 Å².